The largest absolute Gasteiger partial charge is 0.0884 e. The van der Waals surface area contributed by atoms with Crippen LogP contribution >= 0.6 is 31.9 Å². The first-order valence-electron chi connectivity index (χ1n) is 3.49. The molecule has 0 heterocycles. The number of hydrogen-bond acceptors (Lipinski definition) is 0. The molecule has 2 heteroatoms. The summed E-state index contributed by atoms with van der Waals surface area (Å²) < 4.78 is 0. The van der Waals surface area contributed by atoms with Crippen LogP contribution < -0.4 is 0 Å². The van der Waals surface area contributed by atoms with Crippen LogP contribution in [0.25, 0.3) is 0 Å². The van der Waals surface area contributed by atoms with E-state index >= 15 is 0 Å². The molecule has 3 fully saturated rings. The van der Waals surface area contributed by atoms with Crippen molar-refractivity contribution in [3.63, 3.8) is 0 Å². The van der Waals surface area contributed by atoms with Crippen LogP contribution in [-0.2, 0) is 0 Å². The Labute approximate surface area is 71.6 Å². The maximum absolute atomic E-state index is 3.69. The molecule has 0 N–H and O–H groups in total. The van der Waals surface area contributed by atoms with E-state index in [0.29, 0.717) is 0 Å². The maximum atomic E-state index is 3.69. The first-order valence-corrected chi connectivity index (χ1v) is 5.33. The van der Waals surface area contributed by atoms with E-state index in [2.05, 4.69) is 31.9 Å². The predicted molar refractivity (Wildman–Crippen MR) is 44.1 cm³/mol. The molecule has 2 spiro atoms. The van der Waals surface area contributed by atoms with E-state index in [1.807, 2.05) is 0 Å². The zero-order valence-corrected chi connectivity index (χ0v) is 8.20. The van der Waals surface area contributed by atoms with Crippen LogP contribution in [0.4, 0.5) is 0 Å². The Morgan fingerprint density at radius 3 is 1.44 bits per heavy atom. The molecule has 0 amide bonds. The molecule has 3 aliphatic carbocycles. The van der Waals surface area contributed by atoms with Crippen LogP contribution in [0.5, 0.6) is 0 Å². The molecule has 0 bridgehead atoms. The van der Waals surface area contributed by atoms with E-state index in [1.54, 1.807) is 0 Å². The molecule has 0 nitrogen and oxygen atoms in total. The molecule has 3 saturated carbocycles. The molecular formula is C7H8Br2. The molecule has 0 unspecified atom stereocenters. The highest BCUT2D eigenvalue weighted by molar-refractivity contribution is 9.10. The van der Waals surface area contributed by atoms with Gasteiger partial charge in [0.15, 0.2) is 0 Å². The van der Waals surface area contributed by atoms with Gasteiger partial charge in [-0.15, -0.1) is 0 Å². The molecule has 3 rings (SSSR count). The Bertz CT molecular complexity index is 171. The fraction of sp³-hybridized carbons (Fsp3) is 1.00. The van der Waals surface area contributed by atoms with Gasteiger partial charge < -0.3 is 0 Å². The summed E-state index contributed by atoms with van der Waals surface area (Å²) in [7, 11) is 0. The van der Waals surface area contributed by atoms with Gasteiger partial charge in [0.05, 0.1) is 0 Å². The van der Waals surface area contributed by atoms with Gasteiger partial charge in [0.2, 0.25) is 0 Å². The summed E-state index contributed by atoms with van der Waals surface area (Å²) in [6.07, 6.45) is 4.41. The highest BCUT2D eigenvalue weighted by Gasteiger charge is 2.87. The average Bonchev–Trinajstić information content (AvgIpc) is 2.60. The molecule has 0 radical (unpaired) electrons. The lowest BCUT2D eigenvalue weighted by Gasteiger charge is -1.83. The van der Waals surface area contributed by atoms with E-state index < -0.39 is 0 Å². The number of rotatable bonds is 0. The smallest absolute Gasteiger partial charge is 0.0214 e. The van der Waals surface area contributed by atoms with E-state index in [0.717, 1.165) is 20.5 Å². The minimum atomic E-state index is 0.807. The van der Waals surface area contributed by atoms with Crippen LogP contribution in [0.3, 0.4) is 0 Å². The van der Waals surface area contributed by atoms with Crippen molar-refractivity contribution < 1.29 is 0 Å². The first kappa shape index (κ1) is 5.59. The van der Waals surface area contributed by atoms with Crippen LogP contribution in [0, 0.1) is 10.8 Å². The van der Waals surface area contributed by atoms with E-state index in [4.69, 9.17) is 0 Å². The Kier molecular flexibility index (Phi) is 0.731. The fourth-order valence-electron chi connectivity index (χ4n) is 2.44. The Hall–Kier alpha value is 0.960. The van der Waals surface area contributed by atoms with Gasteiger partial charge in [-0.3, -0.25) is 0 Å². The molecule has 9 heavy (non-hydrogen) atoms. The molecule has 0 aromatic heterocycles. The maximum Gasteiger partial charge on any atom is 0.0214 e. The Morgan fingerprint density at radius 1 is 1.00 bits per heavy atom. The molecule has 50 valence electrons. The fourth-order valence-corrected chi connectivity index (χ4v) is 4.83. The summed E-state index contributed by atoms with van der Waals surface area (Å²) in [5.41, 5.74) is 1.61. The summed E-state index contributed by atoms with van der Waals surface area (Å²) in [6.45, 7) is 0. The SMILES string of the molecule is Br[C@@H]1C[C@@]12C[C@@]21C[C@@H]1Br. The molecule has 0 aliphatic heterocycles. The van der Waals surface area contributed by atoms with Gasteiger partial charge in [-0.1, -0.05) is 31.9 Å². The predicted octanol–water partition coefficient (Wildman–Crippen LogP) is 2.70. The number of fused-ring (bicyclic) bond motifs is 1. The monoisotopic (exact) mass is 250 g/mol. The van der Waals surface area contributed by atoms with Gasteiger partial charge in [-0.2, -0.15) is 0 Å². The Balaban J connectivity index is 1.91. The molecule has 0 aromatic carbocycles. The van der Waals surface area contributed by atoms with Crippen molar-refractivity contribution in [1.29, 1.82) is 0 Å². The second-order valence-corrected chi connectivity index (χ2v) is 6.04. The molecule has 4 atom stereocenters. The van der Waals surface area contributed by atoms with Gasteiger partial charge in [0.25, 0.3) is 0 Å². The van der Waals surface area contributed by atoms with Crippen molar-refractivity contribution in [2.24, 2.45) is 10.8 Å². The van der Waals surface area contributed by atoms with Crippen LogP contribution in [0.2, 0.25) is 0 Å². The van der Waals surface area contributed by atoms with Crippen molar-refractivity contribution in [3.8, 4) is 0 Å². The third kappa shape index (κ3) is 0.425. The zero-order valence-electron chi connectivity index (χ0n) is 5.03. The van der Waals surface area contributed by atoms with Gasteiger partial charge in [-0.05, 0) is 30.1 Å². The lowest BCUT2D eigenvalue weighted by Crippen LogP contribution is -1.83. The van der Waals surface area contributed by atoms with Crippen molar-refractivity contribution in [3.05, 3.63) is 0 Å². The summed E-state index contributed by atoms with van der Waals surface area (Å²) in [6, 6.07) is 0. The number of alkyl halides is 2. The topological polar surface area (TPSA) is 0 Å². The number of halogens is 2. The number of hydrogen-bond donors (Lipinski definition) is 0. The van der Waals surface area contributed by atoms with E-state index in [1.165, 1.54) is 19.3 Å². The minimum Gasteiger partial charge on any atom is -0.0884 e. The van der Waals surface area contributed by atoms with E-state index in [9.17, 15) is 0 Å². The van der Waals surface area contributed by atoms with Crippen molar-refractivity contribution in [1.82, 2.24) is 0 Å². The molecule has 0 saturated heterocycles. The third-order valence-electron chi connectivity index (χ3n) is 3.46. The highest BCUT2D eigenvalue weighted by Crippen LogP contribution is 2.91. The van der Waals surface area contributed by atoms with Crippen molar-refractivity contribution in [2.75, 3.05) is 0 Å². The van der Waals surface area contributed by atoms with Crippen LogP contribution in [0.1, 0.15) is 19.3 Å². The lowest BCUT2D eigenvalue weighted by atomic mass is 10.3. The highest BCUT2D eigenvalue weighted by atomic mass is 79.9. The Morgan fingerprint density at radius 2 is 1.33 bits per heavy atom. The summed E-state index contributed by atoms with van der Waals surface area (Å²) in [5.74, 6) is 0. The molecule has 3 aliphatic rings. The van der Waals surface area contributed by atoms with E-state index in [-0.39, 0.29) is 0 Å². The first-order chi connectivity index (χ1) is 4.21. The van der Waals surface area contributed by atoms with Crippen LogP contribution in [0.15, 0.2) is 0 Å². The zero-order chi connectivity index (χ0) is 6.28. The van der Waals surface area contributed by atoms with Gasteiger partial charge in [-0.25, -0.2) is 0 Å². The van der Waals surface area contributed by atoms with Crippen molar-refractivity contribution in [2.45, 2.75) is 28.9 Å². The standard InChI is InChI=1S/C7H8Br2/c8-4-1-6(4)3-7(6)2-5(7)9/h4-5H,1-3H2/t4-,5+,6-,7-/m1/s1. The van der Waals surface area contributed by atoms with Crippen molar-refractivity contribution >= 4 is 31.9 Å². The quantitative estimate of drug-likeness (QED) is 0.581. The second-order valence-electron chi connectivity index (χ2n) is 3.83. The van der Waals surface area contributed by atoms with Gasteiger partial charge in [0.1, 0.15) is 0 Å². The van der Waals surface area contributed by atoms with Gasteiger partial charge in [0, 0.05) is 9.65 Å². The third-order valence-corrected chi connectivity index (χ3v) is 5.86. The minimum absolute atomic E-state index is 0.807. The molecule has 0 aromatic rings. The molecular weight excluding hydrogens is 244 g/mol. The summed E-state index contributed by atoms with van der Waals surface area (Å²) >= 11 is 7.38. The average molecular weight is 252 g/mol. The second kappa shape index (κ2) is 1.18. The lowest BCUT2D eigenvalue weighted by molar-refractivity contribution is 0.726. The van der Waals surface area contributed by atoms with Crippen LogP contribution in [-0.4, -0.2) is 9.65 Å². The summed E-state index contributed by atoms with van der Waals surface area (Å²) in [5, 5.41) is 0. The normalized spacial score (nSPS) is 75.3. The van der Waals surface area contributed by atoms with Gasteiger partial charge >= 0.3 is 0 Å². The summed E-state index contributed by atoms with van der Waals surface area (Å²) in [4.78, 5) is 1.76.